The Labute approximate surface area is 99.8 Å². The third-order valence-electron chi connectivity index (χ3n) is 2.83. The highest BCUT2D eigenvalue weighted by Crippen LogP contribution is 2.19. The zero-order chi connectivity index (χ0) is 12.3. The first kappa shape index (κ1) is 11.6. The maximum absolute atomic E-state index is 11.7. The summed E-state index contributed by atoms with van der Waals surface area (Å²) in [6.45, 7) is 2.63. The highest BCUT2D eigenvalue weighted by molar-refractivity contribution is 5.79. The summed E-state index contributed by atoms with van der Waals surface area (Å²) in [5.74, 6) is 0.102. The summed E-state index contributed by atoms with van der Waals surface area (Å²) in [6.07, 6.45) is 3.83. The fourth-order valence-electron chi connectivity index (χ4n) is 1.86. The largest absolute Gasteiger partial charge is 0.329 e. The van der Waals surface area contributed by atoms with Crippen LogP contribution in [0, 0.1) is 0 Å². The van der Waals surface area contributed by atoms with Gasteiger partial charge in [-0.2, -0.15) is 0 Å². The van der Waals surface area contributed by atoms with Crippen molar-refractivity contribution in [1.29, 1.82) is 0 Å². The molecule has 0 aromatic carbocycles. The zero-order valence-electron chi connectivity index (χ0n) is 9.72. The summed E-state index contributed by atoms with van der Waals surface area (Å²) < 4.78 is 0. The molecule has 1 aliphatic heterocycles. The van der Waals surface area contributed by atoms with Crippen molar-refractivity contribution in [3.63, 3.8) is 0 Å². The Morgan fingerprint density at radius 2 is 2.24 bits per heavy atom. The number of carbonyl (C=O) groups is 2. The van der Waals surface area contributed by atoms with Crippen molar-refractivity contribution in [2.75, 3.05) is 13.1 Å². The normalized spacial score (nSPS) is 19.2. The molecule has 2 heterocycles. The van der Waals surface area contributed by atoms with E-state index in [0.717, 1.165) is 5.56 Å². The van der Waals surface area contributed by atoms with Gasteiger partial charge in [-0.3, -0.25) is 9.78 Å². The number of aromatic nitrogens is 1. The molecule has 0 spiro atoms. The van der Waals surface area contributed by atoms with Crippen molar-refractivity contribution in [2.24, 2.45) is 0 Å². The molecule has 0 aliphatic carbocycles. The van der Waals surface area contributed by atoms with Gasteiger partial charge >= 0.3 is 6.03 Å². The zero-order valence-corrected chi connectivity index (χ0v) is 9.72. The molecule has 1 unspecified atom stereocenters. The molecule has 1 N–H and O–H groups in total. The van der Waals surface area contributed by atoms with Crippen molar-refractivity contribution in [1.82, 2.24) is 15.2 Å². The maximum atomic E-state index is 11.7. The predicted molar refractivity (Wildman–Crippen MR) is 62.4 cm³/mol. The summed E-state index contributed by atoms with van der Waals surface area (Å²) in [7, 11) is 0. The molecule has 1 saturated heterocycles. The van der Waals surface area contributed by atoms with Gasteiger partial charge < -0.3 is 10.2 Å². The standard InChI is InChI=1S/C12H15N3O2/c1-9(16)4-7-15-8-11(14-12(15)17)10-2-5-13-6-3-10/h2-3,5-6,11H,4,7-8H2,1H3,(H,14,17). The molecule has 0 radical (unpaired) electrons. The Morgan fingerprint density at radius 1 is 1.53 bits per heavy atom. The van der Waals surface area contributed by atoms with Crippen molar-refractivity contribution in [3.05, 3.63) is 30.1 Å². The fraction of sp³-hybridized carbons (Fsp3) is 0.417. The van der Waals surface area contributed by atoms with E-state index < -0.39 is 0 Å². The second kappa shape index (κ2) is 4.95. The molecule has 5 heteroatoms. The van der Waals surface area contributed by atoms with E-state index >= 15 is 0 Å². The maximum Gasteiger partial charge on any atom is 0.318 e. The van der Waals surface area contributed by atoms with Gasteiger partial charge in [-0.25, -0.2) is 4.79 Å². The van der Waals surface area contributed by atoms with Gasteiger partial charge in [0.1, 0.15) is 5.78 Å². The highest BCUT2D eigenvalue weighted by Gasteiger charge is 2.29. The average Bonchev–Trinajstić information content (AvgIpc) is 2.69. The third-order valence-corrected chi connectivity index (χ3v) is 2.83. The first-order chi connectivity index (χ1) is 8.16. The van der Waals surface area contributed by atoms with Crippen LogP contribution in [0.4, 0.5) is 4.79 Å². The lowest BCUT2D eigenvalue weighted by atomic mass is 10.1. The number of rotatable bonds is 4. The van der Waals surface area contributed by atoms with Gasteiger partial charge in [0, 0.05) is 31.9 Å². The molecule has 90 valence electrons. The number of urea groups is 1. The van der Waals surface area contributed by atoms with Crippen molar-refractivity contribution in [3.8, 4) is 0 Å². The molecule has 2 rings (SSSR count). The molecule has 1 aromatic heterocycles. The van der Waals surface area contributed by atoms with Crippen LogP contribution >= 0.6 is 0 Å². The Bertz CT molecular complexity index is 419. The Hall–Kier alpha value is -1.91. The monoisotopic (exact) mass is 233 g/mol. The van der Waals surface area contributed by atoms with Crippen LogP contribution in [0.25, 0.3) is 0 Å². The lowest BCUT2D eigenvalue weighted by Crippen LogP contribution is -2.29. The molecule has 2 amide bonds. The van der Waals surface area contributed by atoms with Gasteiger partial charge in [-0.05, 0) is 24.6 Å². The fourth-order valence-corrected chi connectivity index (χ4v) is 1.86. The quantitative estimate of drug-likeness (QED) is 0.847. The van der Waals surface area contributed by atoms with Crippen molar-refractivity contribution in [2.45, 2.75) is 19.4 Å². The number of Topliss-reactive ketones (excluding diaryl/α,β-unsaturated/α-hetero) is 1. The Kier molecular flexibility index (Phi) is 3.37. The van der Waals surface area contributed by atoms with E-state index in [1.165, 1.54) is 6.92 Å². The van der Waals surface area contributed by atoms with E-state index in [9.17, 15) is 9.59 Å². The van der Waals surface area contributed by atoms with E-state index in [1.807, 2.05) is 12.1 Å². The van der Waals surface area contributed by atoms with Crippen LogP contribution in [0.5, 0.6) is 0 Å². The number of nitrogens with zero attached hydrogens (tertiary/aromatic N) is 2. The SMILES string of the molecule is CC(=O)CCN1CC(c2ccncc2)NC1=O. The molecule has 0 saturated carbocycles. The molecular formula is C12H15N3O2. The first-order valence-electron chi connectivity index (χ1n) is 5.61. The topological polar surface area (TPSA) is 62.3 Å². The van der Waals surface area contributed by atoms with Crippen LogP contribution in [-0.4, -0.2) is 34.8 Å². The van der Waals surface area contributed by atoms with Crippen molar-refractivity contribution >= 4 is 11.8 Å². The Balaban J connectivity index is 1.97. The van der Waals surface area contributed by atoms with Crippen LogP contribution in [0.2, 0.25) is 0 Å². The van der Waals surface area contributed by atoms with E-state index in [4.69, 9.17) is 0 Å². The first-order valence-corrected chi connectivity index (χ1v) is 5.61. The number of ketones is 1. The minimum Gasteiger partial charge on any atom is -0.329 e. The minimum absolute atomic E-state index is 0.00235. The van der Waals surface area contributed by atoms with E-state index in [-0.39, 0.29) is 17.9 Å². The van der Waals surface area contributed by atoms with E-state index in [2.05, 4.69) is 10.3 Å². The molecule has 1 aromatic rings. The average molecular weight is 233 g/mol. The van der Waals surface area contributed by atoms with Crippen LogP contribution in [0.3, 0.4) is 0 Å². The van der Waals surface area contributed by atoms with Crippen LogP contribution < -0.4 is 5.32 Å². The number of carbonyl (C=O) groups excluding carboxylic acids is 2. The van der Waals surface area contributed by atoms with Gasteiger partial charge in [0.15, 0.2) is 0 Å². The number of pyridine rings is 1. The van der Waals surface area contributed by atoms with E-state index in [1.54, 1.807) is 17.3 Å². The summed E-state index contributed by atoms with van der Waals surface area (Å²) in [6, 6.07) is 3.67. The summed E-state index contributed by atoms with van der Waals surface area (Å²) in [5.41, 5.74) is 1.04. The lowest BCUT2D eigenvalue weighted by molar-refractivity contribution is -0.117. The number of hydrogen-bond acceptors (Lipinski definition) is 3. The second-order valence-corrected chi connectivity index (χ2v) is 4.18. The molecule has 0 bridgehead atoms. The summed E-state index contributed by atoms with van der Waals surface area (Å²) in [5, 5.41) is 2.89. The van der Waals surface area contributed by atoms with Gasteiger partial charge in [0.25, 0.3) is 0 Å². The van der Waals surface area contributed by atoms with Gasteiger partial charge in [-0.1, -0.05) is 0 Å². The third kappa shape index (κ3) is 2.81. The smallest absolute Gasteiger partial charge is 0.318 e. The molecule has 5 nitrogen and oxygen atoms in total. The molecule has 1 fully saturated rings. The number of nitrogens with one attached hydrogen (secondary N) is 1. The van der Waals surface area contributed by atoms with Crippen LogP contribution in [-0.2, 0) is 4.79 Å². The summed E-state index contributed by atoms with van der Waals surface area (Å²) >= 11 is 0. The lowest BCUT2D eigenvalue weighted by Gasteiger charge is -2.13. The number of amides is 2. The van der Waals surface area contributed by atoms with Crippen LogP contribution in [0.15, 0.2) is 24.5 Å². The van der Waals surface area contributed by atoms with Gasteiger partial charge in [-0.15, -0.1) is 0 Å². The number of hydrogen-bond donors (Lipinski definition) is 1. The highest BCUT2D eigenvalue weighted by atomic mass is 16.2. The molecular weight excluding hydrogens is 218 g/mol. The van der Waals surface area contributed by atoms with Crippen molar-refractivity contribution < 1.29 is 9.59 Å². The van der Waals surface area contributed by atoms with E-state index in [0.29, 0.717) is 19.5 Å². The molecule has 17 heavy (non-hydrogen) atoms. The van der Waals surface area contributed by atoms with Gasteiger partial charge in [0.05, 0.1) is 6.04 Å². The predicted octanol–water partition coefficient (Wildman–Crippen LogP) is 1.13. The van der Waals surface area contributed by atoms with Gasteiger partial charge in [0.2, 0.25) is 0 Å². The van der Waals surface area contributed by atoms with Crippen LogP contribution in [0.1, 0.15) is 24.9 Å². The summed E-state index contributed by atoms with van der Waals surface area (Å²) in [4.78, 5) is 28.2. The molecule has 1 aliphatic rings. The molecule has 1 atom stereocenters. The Morgan fingerprint density at radius 3 is 2.88 bits per heavy atom. The second-order valence-electron chi connectivity index (χ2n) is 4.18. The minimum atomic E-state index is -0.104.